The third-order valence-electron chi connectivity index (χ3n) is 6.21. The van der Waals surface area contributed by atoms with Gasteiger partial charge in [-0.1, -0.05) is 58.3 Å². The van der Waals surface area contributed by atoms with Gasteiger partial charge >= 0.3 is 0 Å². The average molecular weight is 530 g/mol. The molecule has 37 heavy (non-hydrogen) atoms. The minimum absolute atomic E-state index is 0.102. The summed E-state index contributed by atoms with van der Waals surface area (Å²) in [6.07, 6.45) is 12.0. The van der Waals surface area contributed by atoms with Crippen LogP contribution in [0.3, 0.4) is 0 Å². The van der Waals surface area contributed by atoms with E-state index in [1.165, 1.54) is 32.1 Å². The lowest BCUT2D eigenvalue weighted by molar-refractivity contribution is -0.117. The minimum atomic E-state index is -3.33. The molecule has 0 heterocycles. The number of aliphatic hydroxyl groups excluding tert-OH is 1. The van der Waals surface area contributed by atoms with E-state index in [4.69, 9.17) is 5.11 Å². The molecule has 0 aliphatic heterocycles. The number of nitrogens with one attached hydrogen (secondary N) is 1. The maximum atomic E-state index is 12.5. The molecule has 0 spiro atoms. The van der Waals surface area contributed by atoms with Gasteiger partial charge in [0.05, 0.1) is 28.6 Å². The van der Waals surface area contributed by atoms with Gasteiger partial charge in [0.1, 0.15) is 0 Å². The Hall–Kier alpha value is -2.58. The standard InChI is InChI=1S/C29H43N3O4S/c1-2-3-4-5-6-7-10-13-28(34)24-30-25-14-16-26(17-15-25)31-32-27-18-20-29(21-19-27)37(35,36)23-12-9-8-11-22-33/h14-21,30,33H,2-13,22-24H2,1H3. The Morgan fingerprint density at radius 2 is 1.30 bits per heavy atom. The Morgan fingerprint density at radius 3 is 1.92 bits per heavy atom. The fraction of sp³-hybridized carbons (Fsp3) is 0.552. The van der Waals surface area contributed by atoms with Gasteiger partial charge in [0, 0.05) is 18.7 Å². The second-order valence-corrected chi connectivity index (χ2v) is 11.6. The quantitative estimate of drug-likeness (QED) is 0.136. The molecule has 0 radical (unpaired) electrons. The number of Topliss-reactive ketones (excluding diaryl/α,β-unsaturated/α-hetero) is 1. The number of hydrogen-bond donors (Lipinski definition) is 2. The average Bonchev–Trinajstić information content (AvgIpc) is 2.91. The number of carbonyl (C=O) groups is 1. The zero-order chi connectivity index (χ0) is 26.8. The molecule has 0 saturated heterocycles. The fourth-order valence-corrected chi connectivity index (χ4v) is 5.30. The van der Waals surface area contributed by atoms with Crippen molar-refractivity contribution in [2.45, 2.75) is 88.9 Å². The number of carbonyl (C=O) groups excluding carboxylic acids is 1. The largest absolute Gasteiger partial charge is 0.396 e. The second-order valence-electron chi connectivity index (χ2n) is 9.46. The van der Waals surface area contributed by atoms with E-state index < -0.39 is 9.84 Å². The number of hydrogen-bond acceptors (Lipinski definition) is 7. The first-order chi connectivity index (χ1) is 17.9. The number of benzene rings is 2. The van der Waals surface area contributed by atoms with Gasteiger partial charge in [0.15, 0.2) is 15.6 Å². The zero-order valence-electron chi connectivity index (χ0n) is 22.2. The summed E-state index contributed by atoms with van der Waals surface area (Å²) >= 11 is 0. The molecule has 0 aromatic heterocycles. The summed E-state index contributed by atoms with van der Waals surface area (Å²) in [6, 6.07) is 13.8. The Labute approximate surface area is 222 Å². The first-order valence-corrected chi connectivity index (χ1v) is 15.3. The molecule has 2 aromatic rings. The van der Waals surface area contributed by atoms with E-state index in [0.29, 0.717) is 37.2 Å². The van der Waals surface area contributed by atoms with E-state index in [0.717, 1.165) is 31.4 Å². The molecule has 0 unspecified atom stereocenters. The highest BCUT2D eigenvalue weighted by atomic mass is 32.2. The van der Waals surface area contributed by atoms with E-state index in [9.17, 15) is 13.2 Å². The maximum absolute atomic E-state index is 12.5. The van der Waals surface area contributed by atoms with E-state index in [-0.39, 0.29) is 23.0 Å². The summed E-state index contributed by atoms with van der Waals surface area (Å²) in [5, 5.41) is 20.4. The number of unbranched alkanes of at least 4 members (excludes halogenated alkanes) is 9. The van der Waals surface area contributed by atoms with Gasteiger partial charge in [0.25, 0.3) is 0 Å². The Bertz CT molecular complexity index is 1040. The summed E-state index contributed by atoms with van der Waals surface area (Å²) in [5.74, 6) is 0.328. The summed E-state index contributed by atoms with van der Waals surface area (Å²) < 4.78 is 24.9. The molecule has 2 rings (SSSR count). The van der Waals surface area contributed by atoms with Crippen LogP contribution in [-0.2, 0) is 14.6 Å². The molecule has 0 fully saturated rings. The van der Waals surface area contributed by atoms with Gasteiger partial charge in [-0.05, 0) is 67.8 Å². The van der Waals surface area contributed by atoms with Crippen molar-refractivity contribution >= 4 is 32.7 Å². The van der Waals surface area contributed by atoms with E-state index in [1.807, 2.05) is 24.3 Å². The smallest absolute Gasteiger partial charge is 0.178 e. The van der Waals surface area contributed by atoms with Crippen molar-refractivity contribution in [2.75, 3.05) is 24.2 Å². The maximum Gasteiger partial charge on any atom is 0.178 e. The molecule has 204 valence electrons. The molecule has 0 bridgehead atoms. The van der Waals surface area contributed by atoms with Crippen LogP contribution in [0.2, 0.25) is 0 Å². The van der Waals surface area contributed by atoms with Gasteiger partial charge in [-0.15, -0.1) is 0 Å². The van der Waals surface area contributed by atoms with Gasteiger partial charge < -0.3 is 10.4 Å². The fourth-order valence-electron chi connectivity index (χ4n) is 3.93. The molecule has 0 amide bonds. The zero-order valence-corrected chi connectivity index (χ0v) is 23.0. The van der Waals surface area contributed by atoms with Crippen molar-refractivity contribution < 1.29 is 18.3 Å². The van der Waals surface area contributed by atoms with Crippen molar-refractivity contribution in [3.63, 3.8) is 0 Å². The van der Waals surface area contributed by atoms with Crippen LogP contribution in [0.1, 0.15) is 84.0 Å². The lowest BCUT2D eigenvalue weighted by Crippen LogP contribution is -2.13. The van der Waals surface area contributed by atoms with Gasteiger partial charge in [-0.25, -0.2) is 8.42 Å². The van der Waals surface area contributed by atoms with Crippen molar-refractivity contribution in [2.24, 2.45) is 10.2 Å². The third kappa shape index (κ3) is 13.0. The topological polar surface area (TPSA) is 108 Å². The summed E-state index contributed by atoms with van der Waals surface area (Å²) in [5.41, 5.74) is 2.09. The predicted octanol–water partition coefficient (Wildman–Crippen LogP) is 7.55. The van der Waals surface area contributed by atoms with Crippen LogP contribution in [0, 0.1) is 0 Å². The monoisotopic (exact) mass is 529 g/mol. The molecule has 0 aliphatic carbocycles. The molecular formula is C29H43N3O4S. The number of rotatable bonds is 20. The number of aliphatic hydroxyl groups is 1. The first-order valence-electron chi connectivity index (χ1n) is 13.7. The van der Waals surface area contributed by atoms with Crippen molar-refractivity contribution in [1.29, 1.82) is 0 Å². The molecule has 8 heteroatoms. The number of sulfone groups is 1. The van der Waals surface area contributed by atoms with E-state index in [2.05, 4.69) is 22.5 Å². The summed E-state index contributed by atoms with van der Waals surface area (Å²) in [7, 11) is -3.33. The predicted molar refractivity (Wildman–Crippen MR) is 151 cm³/mol. The Kier molecular flexibility index (Phi) is 14.7. The van der Waals surface area contributed by atoms with Crippen LogP contribution in [0.4, 0.5) is 17.1 Å². The summed E-state index contributed by atoms with van der Waals surface area (Å²) in [6.45, 7) is 2.69. The van der Waals surface area contributed by atoms with E-state index >= 15 is 0 Å². The van der Waals surface area contributed by atoms with Crippen LogP contribution in [0.15, 0.2) is 63.7 Å². The normalized spacial score (nSPS) is 11.7. The van der Waals surface area contributed by atoms with Crippen LogP contribution in [-0.4, -0.2) is 38.2 Å². The molecule has 2 N–H and O–H groups in total. The Morgan fingerprint density at radius 1 is 0.757 bits per heavy atom. The first kappa shape index (κ1) is 30.6. The Balaban J connectivity index is 1.73. The molecule has 7 nitrogen and oxygen atoms in total. The number of nitrogens with zero attached hydrogens (tertiary/aromatic N) is 2. The van der Waals surface area contributed by atoms with Gasteiger partial charge in [-0.3, -0.25) is 4.79 Å². The third-order valence-corrected chi connectivity index (χ3v) is 8.03. The SMILES string of the molecule is CCCCCCCCCC(=O)CNc1ccc(N=Nc2ccc(S(=O)(=O)CCCCCCO)cc2)cc1. The van der Waals surface area contributed by atoms with E-state index in [1.54, 1.807) is 24.3 Å². The van der Waals surface area contributed by atoms with Crippen LogP contribution in [0.25, 0.3) is 0 Å². The molecule has 0 aliphatic rings. The number of ketones is 1. The van der Waals surface area contributed by atoms with Crippen molar-refractivity contribution in [1.82, 2.24) is 0 Å². The molecule has 0 atom stereocenters. The lowest BCUT2D eigenvalue weighted by Gasteiger charge is -2.06. The van der Waals surface area contributed by atoms with Crippen LogP contribution < -0.4 is 5.32 Å². The van der Waals surface area contributed by atoms with Gasteiger partial charge in [-0.2, -0.15) is 10.2 Å². The molecular weight excluding hydrogens is 486 g/mol. The minimum Gasteiger partial charge on any atom is -0.396 e. The van der Waals surface area contributed by atoms with Crippen molar-refractivity contribution in [3.05, 3.63) is 48.5 Å². The highest BCUT2D eigenvalue weighted by Gasteiger charge is 2.13. The highest BCUT2D eigenvalue weighted by Crippen LogP contribution is 2.22. The summed E-state index contributed by atoms with van der Waals surface area (Å²) in [4.78, 5) is 12.4. The molecule has 0 saturated carbocycles. The van der Waals surface area contributed by atoms with Crippen LogP contribution in [0.5, 0.6) is 0 Å². The highest BCUT2D eigenvalue weighted by molar-refractivity contribution is 7.91. The molecule has 2 aromatic carbocycles. The van der Waals surface area contributed by atoms with Crippen molar-refractivity contribution in [3.8, 4) is 0 Å². The number of azo groups is 1. The second kappa shape index (κ2) is 17.8. The van der Waals surface area contributed by atoms with Crippen LogP contribution >= 0.6 is 0 Å². The lowest BCUT2D eigenvalue weighted by atomic mass is 10.1. The van der Waals surface area contributed by atoms with Gasteiger partial charge in [0.2, 0.25) is 0 Å². The number of anilines is 1.